The molecule has 1 N–H and O–H groups in total. The van der Waals surface area contributed by atoms with Crippen molar-refractivity contribution in [2.75, 3.05) is 33.9 Å². The van der Waals surface area contributed by atoms with Gasteiger partial charge in [0.1, 0.15) is 18.1 Å². The first-order valence-electron chi connectivity index (χ1n) is 11.6. The number of aryl methyl sites for hydroxylation is 1. The summed E-state index contributed by atoms with van der Waals surface area (Å²) in [6.45, 7) is 7.90. The van der Waals surface area contributed by atoms with Crippen LogP contribution >= 0.6 is 0 Å². The maximum atomic E-state index is 12.0. The summed E-state index contributed by atoms with van der Waals surface area (Å²) in [5, 5.41) is 11.9. The lowest BCUT2D eigenvalue weighted by atomic mass is 10.0. The third-order valence-corrected chi connectivity index (χ3v) is 5.80. The predicted octanol–water partition coefficient (Wildman–Crippen LogP) is 2.26. The van der Waals surface area contributed by atoms with E-state index in [2.05, 4.69) is 46.6 Å². The van der Waals surface area contributed by atoms with Crippen LogP contribution in [0.5, 0.6) is 5.75 Å². The zero-order valence-electron chi connectivity index (χ0n) is 20.2. The molecular formula is C24H37N5O4. The van der Waals surface area contributed by atoms with Gasteiger partial charge in [0.25, 0.3) is 0 Å². The Balaban J connectivity index is 1.66. The Hall–Kier alpha value is -2.49. The molecule has 9 heteroatoms. The van der Waals surface area contributed by atoms with Crippen LogP contribution in [0.15, 0.2) is 30.5 Å². The van der Waals surface area contributed by atoms with E-state index in [9.17, 15) is 4.79 Å². The van der Waals surface area contributed by atoms with Gasteiger partial charge in [-0.1, -0.05) is 24.3 Å². The zero-order valence-corrected chi connectivity index (χ0v) is 20.2. The molecule has 0 radical (unpaired) electrons. The summed E-state index contributed by atoms with van der Waals surface area (Å²) in [6, 6.07) is 8.20. The third kappa shape index (κ3) is 8.42. The second-order valence-electron chi connectivity index (χ2n) is 8.94. The zero-order chi connectivity index (χ0) is 23.6. The fourth-order valence-corrected chi connectivity index (χ4v) is 3.81. The number of carbonyl (C=O) groups is 1. The summed E-state index contributed by atoms with van der Waals surface area (Å²) in [5.74, 6) is 0.917. The quantitative estimate of drug-likeness (QED) is 0.681. The number of nitrogens with one attached hydrogen (secondary N) is 1. The molecule has 0 aliphatic carbocycles. The Morgan fingerprint density at radius 1 is 1.33 bits per heavy atom. The molecule has 0 saturated carbocycles. The fourth-order valence-electron chi connectivity index (χ4n) is 3.81. The molecule has 1 aromatic heterocycles. The highest BCUT2D eigenvalue weighted by atomic mass is 16.5. The van der Waals surface area contributed by atoms with Gasteiger partial charge in [0, 0.05) is 38.6 Å². The van der Waals surface area contributed by atoms with Gasteiger partial charge in [-0.3, -0.25) is 14.4 Å². The van der Waals surface area contributed by atoms with Crippen LogP contribution in [0.1, 0.15) is 37.9 Å². The highest BCUT2D eigenvalue weighted by molar-refractivity contribution is 5.69. The third-order valence-electron chi connectivity index (χ3n) is 5.80. The van der Waals surface area contributed by atoms with E-state index in [0.717, 1.165) is 31.1 Å². The number of likely N-dealkylation sites (N-methyl/N-ethyl adjacent to an activating group) is 1. The number of nitrogens with zero attached hydrogens (tertiary/aromatic N) is 4. The molecule has 0 spiro atoms. The number of ether oxygens (including phenoxy) is 3. The Kier molecular flexibility index (Phi) is 9.65. The summed E-state index contributed by atoms with van der Waals surface area (Å²) in [5.41, 5.74) is 1.98. The van der Waals surface area contributed by atoms with Crippen LogP contribution in [0.4, 0.5) is 0 Å². The van der Waals surface area contributed by atoms with E-state index in [-0.39, 0.29) is 24.0 Å². The van der Waals surface area contributed by atoms with Crippen LogP contribution in [-0.2, 0) is 34.0 Å². The lowest BCUT2D eigenvalue weighted by Crippen LogP contribution is -2.42. The maximum absolute atomic E-state index is 12.0. The molecular weight excluding hydrogens is 422 g/mol. The van der Waals surface area contributed by atoms with Gasteiger partial charge >= 0.3 is 5.97 Å². The number of fused-ring (bicyclic) bond motifs is 2. The summed E-state index contributed by atoms with van der Waals surface area (Å²) < 4.78 is 18.9. The minimum Gasteiger partial charge on any atom is -0.497 e. The molecule has 0 unspecified atom stereocenters. The van der Waals surface area contributed by atoms with Crippen molar-refractivity contribution in [3.05, 3.63) is 41.7 Å². The number of hydrogen-bond acceptors (Lipinski definition) is 8. The van der Waals surface area contributed by atoms with Gasteiger partial charge < -0.3 is 19.5 Å². The van der Waals surface area contributed by atoms with E-state index in [4.69, 9.17) is 14.2 Å². The van der Waals surface area contributed by atoms with Gasteiger partial charge in [-0.15, -0.1) is 5.10 Å². The van der Waals surface area contributed by atoms with Crippen molar-refractivity contribution in [3.8, 4) is 5.75 Å². The van der Waals surface area contributed by atoms with Gasteiger partial charge in [-0.05, 0) is 44.0 Å². The van der Waals surface area contributed by atoms with Gasteiger partial charge in [0.15, 0.2) is 0 Å². The van der Waals surface area contributed by atoms with Crippen molar-refractivity contribution in [3.63, 3.8) is 0 Å². The van der Waals surface area contributed by atoms with Crippen molar-refractivity contribution >= 4 is 5.97 Å². The minimum absolute atomic E-state index is 0.0130. The Bertz CT molecular complexity index is 874. The SMILES string of the molecule is COc1cccc(CN(C)C[C@H]2OCc3cn(nn3)CCCC(=O)OC[C@@H](C)NC[C@H]2C)c1. The number of carbonyl (C=O) groups excluding carboxylic acids is 1. The van der Waals surface area contributed by atoms with E-state index in [1.807, 2.05) is 25.3 Å². The lowest BCUT2D eigenvalue weighted by molar-refractivity contribution is -0.144. The maximum Gasteiger partial charge on any atom is 0.305 e. The van der Waals surface area contributed by atoms with Crippen molar-refractivity contribution in [2.45, 2.75) is 58.5 Å². The Morgan fingerprint density at radius 3 is 3.00 bits per heavy atom. The standard InChI is InChI=1S/C24H37N5O4/c1-18-12-25-19(2)16-33-24(30)9-6-10-29-14-21(26-27-29)17-32-23(18)15-28(3)13-20-7-5-8-22(11-20)31-4/h5,7-8,11,14,18-19,23,25H,6,9-10,12-13,15-17H2,1-4H3/t18-,19-,23-/m1/s1. The first-order valence-corrected chi connectivity index (χ1v) is 11.6. The molecule has 1 aliphatic heterocycles. The number of benzene rings is 1. The van der Waals surface area contributed by atoms with Crippen molar-refractivity contribution in [1.82, 2.24) is 25.2 Å². The van der Waals surface area contributed by atoms with Crippen LogP contribution in [-0.4, -0.2) is 71.9 Å². The average molecular weight is 460 g/mol. The molecule has 2 heterocycles. The molecule has 1 aromatic carbocycles. The van der Waals surface area contributed by atoms with Crippen LogP contribution in [0.3, 0.4) is 0 Å². The first kappa shape index (κ1) is 25.1. The number of esters is 1. The van der Waals surface area contributed by atoms with Gasteiger partial charge in [-0.2, -0.15) is 0 Å². The van der Waals surface area contributed by atoms with E-state index in [0.29, 0.717) is 32.6 Å². The normalized spacial score (nSPS) is 23.3. The average Bonchev–Trinajstić information content (AvgIpc) is 3.26. The van der Waals surface area contributed by atoms with Crippen molar-refractivity contribution < 1.29 is 19.0 Å². The molecule has 9 nitrogen and oxygen atoms in total. The molecule has 0 saturated heterocycles. The van der Waals surface area contributed by atoms with E-state index in [1.54, 1.807) is 11.8 Å². The summed E-state index contributed by atoms with van der Waals surface area (Å²) in [7, 11) is 3.78. The van der Waals surface area contributed by atoms with E-state index < -0.39 is 0 Å². The summed E-state index contributed by atoms with van der Waals surface area (Å²) in [6.07, 6.45) is 2.91. The minimum atomic E-state index is -0.176. The molecule has 0 fully saturated rings. The molecule has 3 atom stereocenters. The molecule has 3 rings (SSSR count). The predicted molar refractivity (Wildman–Crippen MR) is 125 cm³/mol. The molecule has 2 bridgehead atoms. The van der Waals surface area contributed by atoms with Crippen molar-refractivity contribution in [1.29, 1.82) is 0 Å². The lowest BCUT2D eigenvalue weighted by Gasteiger charge is -2.30. The largest absolute Gasteiger partial charge is 0.497 e. The fraction of sp³-hybridized carbons (Fsp3) is 0.625. The molecule has 182 valence electrons. The van der Waals surface area contributed by atoms with Gasteiger partial charge in [0.2, 0.25) is 0 Å². The number of cyclic esters (lactones) is 1. The molecule has 2 aromatic rings. The van der Waals surface area contributed by atoms with Gasteiger partial charge in [0.05, 0.1) is 26.0 Å². The van der Waals surface area contributed by atoms with Crippen LogP contribution < -0.4 is 10.1 Å². The van der Waals surface area contributed by atoms with Crippen molar-refractivity contribution in [2.24, 2.45) is 5.92 Å². The second-order valence-corrected chi connectivity index (χ2v) is 8.94. The number of rotatable bonds is 5. The van der Waals surface area contributed by atoms with Crippen LogP contribution in [0, 0.1) is 5.92 Å². The molecule has 0 amide bonds. The Morgan fingerprint density at radius 2 is 2.18 bits per heavy atom. The first-order chi connectivity index (χ1) is 15.9. The second kappa shape index (κ2) is 12.7. The summed E-state index contributed by atoms with van der Waals surface area (Å²) >= 11 is 0. The van der Waals surface area contributed by atoms with Gasteiger partial charge in [-0.25, -0.2) is 0 Å². The smallest absolute Gasteiger partial charge is 0.305 e. The Labute approximate surface area is 196 Å². The highest BCUT2D eigenvalue weighted by Crippen LogP contribution is 2.16. The molecule has 33 heavy (non-hydrogen) atoms. The monoisotopic (exact) mass is 459 g/mol. The van der Waals surface area contributed by atoms with E-state index in [1.165, 1.54) is 5.56 Å². The number of methoxy groups -OCH3 is 1. The number of aromatic nitrogens is 3. The molecule has 1 aliphatic rings. The van der Waals surface area contributed by atoms with Crippen LogP contribution in [0.2, 0.25) is 0 Å². The highest BCUT2D eigenvalue weighted by Gasteiger charge is 2.22. The number of hydrogen-bond donors (Lipinski definition) is 1. The topological polar surface area (TPSA) is 90.7 Å². The van der Waals surface area contributed by atoms with Crippen LogP contribution in [0.25, 0.3) is 0 Å². The van der Waals surface area contributed by atoms with E-state index >= 15 is 0 Å². The summed E-state index contributed by atoms with van der Waals surface area (Å²) in [4.78, 5) is 14.2.